The maximum Gasteiger partial charge on any atom is 0.166 e. The summed E-state index contributed by atoms with van der Waals surface area (Å²) >= 11 is 5.45. The maximum atomic E-state index is 5.45. The molecule has 1 aromatic carbocycles. The van der Waals surface area contributed by atoms with Crippen molar-refractivity contribution in [1.29, 1.82) is 0 Å². The van der Waals surface area contributed by atoms with Crippen molar-refractivity contribution < 1.29 is 9.47 Å². The summed E-state index contributed by atoms with van der Waals surface area (Å²) in [7, 11) is 3.31. The summed E-state index contributed by atoms with van der Waals surface area (Å²) in [6.07, 6.45) is 10.1. The summed E-state index contributed by atoms with van der Waals surface area (Å²) < 4.78 is 10.6. The normalized spacial score (nSPS) is 15.9. The molecular formula is C19H30N2O2S. The molecule has 0 aromatic heterocycles. The third-order valence-electron chi connectivity index (χ3n) is 4.59. The number of hydrogen-bond donors (Lipinski definition) is 2. The van der Waals surface area contributed by atoms with Gasteiger partial charge in [0.25, 0.3) is 0 Å². The zero-order valence-corrected chi connectivity index (χ0v) is 15.7. The molecule has 2 rings (SSSR count). The summed E-state index contributed by atoms with van der Waals surface area (Å²) in [6, 6.07) is 6.56. The minimum atomic E-state index is 0.534. The molecule has 1 aliphatic carbocycles. The molecule has 2 N–H and O–H groups in total. The van der Waals surface area contributed by atoms with Crippen LogP contribution in [-0.2, 0) is 6.42 Å². The molecule has 0 atom stereocenters. The van der Waals surface area contributed by atoms with E-state index in [-0.39, 0.29) is 0 Å². The Labute approximate surface area is 151 Å². The van der Waals surface area contributed by atoms with Crippen molar-refractivity contribution in [2.75, 3.05) is 20.8 Å². The number of methoxy groups -OCH3 is 2. The molecule has 0 saturated heterocycles. The van der Waals surface area contributed by atoms with E-state index in [1.165, 1.54) is 50.5 Å². The first-order chi connectivity index (χ1) is 11.7. The zero-order valence-electron chi connectivity index (χ0n) is 14.9. The van der Waals surface area contributed by atoms with E-state index in [0.717, 1.165) is 29.6 Å². The molecule has 4 nitrogen and oxygen atoms in total. The summed E-state index contributed by atoms with van der Waals surface area (Å²) in [6.45, 7) is 0.814. The molecule has 1 fully saturated rings. The molecule has 134 valence electrons. The summed E-state index contributed by atoms with van der Waals surface area (Å²) in [5.74, 6) is 1.53. The summed E-state index contributed by atoms with van der Waals surface area (Å²) in [5.41, 5.74) is 1.20. The van der Waals surface area contributed by atoms with Crippen LogP contribution in [0.3, 0.4) is 0 Å². The van der Waals surface area contributed by atoms with Gasteiger partial charge in [0.2, 0.25) is 0 Å². The standard InChI is InChI=1S/C19H30N2O2S/c1-22-17-11-10-15(14-18(17)23-2)12-13-20-19(24)21-16-8-6-4-3-5-7-9-16/h10-11,14,16H,3-9,12-13H2,1-2H3,(H2,20,21,24). The maximum absolute atomic E-state index is 5.45. The van der Waals surface area contributed by atoms with Crippen molar-refractivity contribution in [2.24, 2.45) is 0 Å². The van der Waals surface area contributed by atoms with Gasteiger partial charge in [-0.25, -0.2) is 0 Å². The van der Waals surface area contributed by atoms with E-state index in [4.69, 9.17) is 21.7 Å². The van der Waals surface area contributed by atoms with Crippen molar-refractivity contribution in [2.45, 2.75) is 57.4 Å². The van der Waals surface area contributed by atoms with Crippen LogP contribution in [-0.4, -0.2) is 31.9 Å². The van der Waals surface area contributed by atoms with Crippen molar-refractivity contribution in [3.8, 4) is 11.5 Å². The number of ether oxygens (including phenoxy) is 2. The van der Waals surface area contributed by atoms with E-state index in [2.05, 4.69) is 16.7 Å². The molecule has 0 spiro atoms. The Morgan fingerprint density at radius 3 is 2.38 bits per heavy atom. The predicted octanol–water partition coefficient (Wildman–Crippen LogP) is 3.82. The largest absolute Gasteiger partial charge is 0.493 e. The Morgan fingerprint density at radius 1 is 1.04 bits per heavy atom. The number of thiocarbonyl (C=S) groups is 1. The van der Waals surface area contributed by atoms with Crippen LogP contribution in [0, 0.1) is 0 Å². The van der Waals surface area contributed by atoms with E-state index < -0.39 is 0 Å². The van der Waals surface area contributed by atoms with Gasteiger partial charge in [0.05, 0.1) is 14.2 Å². The number of hydrogen-bond acceptors (Lipinski definition) is 3. The lowest BCUT2D eigenvalue weighted by molar-refractivity contribution is 0.354. The first-order valence-electron chi connectivity index (χ1n) is 8.98. The SMILES string of the molecule is COc1ccc(CCNC(=S)NC2CCCCCCC2)cc1OC. The van der Waals surface area contributed by atoms with Crippen molar-refractivity contribution >= 4 is 17.3 Å². The molecule has 1 aliphatic rings. The van der Waals surface area contributed by atoms with Crippen LogP contribution < -0.4 is 20.1 Å². The van der Waals surface area contributed by atoms with Gasteiger partial charge in [0, 0.05) is 12.6 Å². The van der Waals surface area contributed by atoms with Crippen molar-refractivity contribution in [3.63, 3.8) is 0 Å². The van der Waals surface area contributed by atoms with Gasteiger partial charge in [-0.2, -0.15) is 0 Å². The van der Waals surface area contributed by atoms with Gasteiger partial charge in [-0.3, -0.25) is 0 Å². The Hall–Kier alpha value is -1.49. The van der Waals surface area contributed by atoms with E-state index in [1.807, 2.05) is 12.1 Å². The van der Waals surface area contributed by atoms with Gasteiger partial charge in [-0.05, 0) is 49.2 Å². The van der Waals surface area contributed by atoms with Crippen LogP contribution in [0.2, 0.25) is 0 Å². The zero-order chi connectivity index (χ0) is 17.2. The van der Waals surface area contributed by atoms with Crippen LogP contribution in [0.5, 0.6) is 11.5 Å². The number of benzene rings is 1. The van der Waals surface area contributed by atoms with Crippen molar-refractivity contribution in [3.05, 3.63) is 23.8 Å². The fourth-order valence-electron chi connectivity index (χ4n) is 3.19. The average Bonchev–Trinajstić information content (AvgIpc) is 2.57. The Morgan fingerprint density at radius 2 is 1.71 bits per heavy atom. The molecular weight excluding hydrogens is 320 g/mol. The lowest BCUT2D eigenvalue weighted by atomic mass is 9.97. The van der Waals surface area contributed by atoms with Crippen LogP contribution in [0.4, 0.5) is 0 Å². The average molecular weight is 351 g/mol. The second-order valence-corrected chi connectivity index (χ2v) is 6.79. The molecule has 24 heavy (non-hydrogen) atoms. The smallest absolute Gasteiger partial charge is 0.166 e. The molecule has 0 amide bonds. The Kier molecular flexibility index (Phi) is 8.16. The highest BCUT2D eigenvalue weighted by Gasteiger charge is 2.12. The Bertz CT molecular complexity index is 514. The molecule has 0 aliphatic heterocycles. The summed E-state index contributed by atoms with van der Waals surface area (Å²) in [5, 5.41) is 7.60. The van der Waals surface area contributed by atoms with Crippen LogP contribution in [0.25, 0.3) is 0 Å². The van der Waals surface area contributed by atoms with Crippen LogP contribution in [0.15, 0.2) is 18.2 Å². The molecule has 0 unspecified atom stereocenters. The summed E-state index contributed by atoms with van der Waals surface area (Å²) in [4.78, 5) is 0. The predicted molar refractivity (Wildman–Crippen MR) is 103 cm³/mol. The Balaban J connectivity index is 1.73. The van der Waals surface area contributed by atoms with Gasteiger partial charge >= 0.3 is 0 Å². The first-order valence-corrected chi connectivity index (χ1v) is 9.39. The second kappa shape index (κ2) is 10.4. The molecule has 1 aromatic rings. The molecule has 5 heteroatoms. The van der Waals surface area contributed by atoms with Gasteiger partial charge in [0.15, 0.2) is 16.6 Å². The lowest BCUT2D eigenvalue weighted by Gasteiger charge is -2.22. The lowest BCUT2D eigenvalue weighted by Crippen LogP contribution is -2.42. The highest BCUT2D eigenvalue weighted by atomic mass is 32.1. The number of rotatable bonds is 6. The van der Waals surface area contributed by atoms with Gasteiger partial charge in [-0.15, -0.1) is 0 Å². The topological polar surface area (TPSA) is 42.5 Å². The fraction of sp³-hybridized carbons (Fsp3) is 0.632. The second-order valence-electron chi connectivity index (χ2n) is 6.38. The molecule has 0 heterocycles. The first kappa shape index (κ1) is 18.8. The van der Waals surface area contributed by atoms with Gasteiger partial charge < -0.3 is 20.1 Å². The van der Waals surface area contributed by atoms with Gasteiger partial charge in [-0.1, -0.05) is 38.2 Å². The number of nitrogens with one attached hydrogen (secondary N) is 2. The third kappa shape index (κ3) is 6.19. The van der Waals surface area contributed by atoms with Crippen molar-refractivity contribution in [1.82, 2.24) is 10.6 Å². The quantitative estimate of drug-likeness (QED) is 0.764. The highest BCUT2D eigenvalue weighted by Crippen LogP contribution is 2.27. The van der Waals surface area contributed by atoms with Crippen LogP contribution >= 0.6 is 12.2 Å². The van der Waals surface area contributed by atoms with E-state index >= 15 is 0 Å². The third-order valence-corrected chi connectivity index (χ3v) is 4.85. The van der Waals surface area contributed by atoms with E-state index in [1.54, 1.807) is 14.2 Å². The molecule has 1 saturated carbocycles. The minimum absolute atomic E-state index is 0.534. The molecule has 0 bridgehead atoms. The minimum Gasteiger partial charge on any atom is -0.493 e. The highest BCUT2D eigenvalue weighted by molar-refractivity contribution is 7.80. The van der Waals surface area contributed by atoms with E-state index in [0.29, 0.717) is 6.04 Å². The fourth-order valence-corrected chi connectivity index (χ4v) is 3.46. The molecule has 0 radical (unpaired) electrons. The monoisotopic (exact) mass is 350 g/mol. The van der Waals surface area contributed by atoms with Crippen LogP contribution in [0.1, 0.15) is 50.5 Å². The van der Waals surface area contributed by atoms with Gasteiger partial charge in [0.1, 0.15) is 0 Å². The van der Waals surface area contributed by atoms with E-state index in [9.17, 15) is 0 Å².